The number of esters is 1. The Labute approximate surface area is 173 Å². The maximum Gasteiger partial charge on any atom is 0.338 e. The van der Waals surface area contributed by atoms with Crippen LogP contribution in [0.1, 0.15) is 32.0 Å². The lowest BCUT2D eigenvalue weighted by atomic mass is 10.1. The summed E-state index contributed by atoms with van der Waals surface area (Å²) >= 11 is 0. The molecule has 1 heterocycles. The third-order valence-corrected chi connectivity index (χ3v) is 5.73. The Kier molecular flexibility index (Phi) is 5.88. The van der Waals surface area contributed by atoms with E-state index in [1.165, 1.54) is 43.5 Å². The first-order chi connectivity index (χ1) is 14.2. The summed E-state index contributed by atoms with van der Waals surface area (Å²) < 4.78 is 37.1. The summed E-state index contributed by atoms with van der Waals surface area (Å²) in [6.45, 7) is 3.39. The van der Waals surface area contributed by atoms with E-state index in [2.05, 4.69) is 19.9 Å². The largest absolute Gasteiger partial charge is 0.465 e. The van der Waals surface area contributed by atoms with Crippen LogP contribution in [0.25, 0.3) is 0 Å². The summed E-state index contributed by atoms with van der Waals surface area (Å²) in [6.07, 6.45) is 0. The van der Waals surface area contributed by atoms with Crippen LogP contribution in [0.3, 0.4) is 0 Å². The predicted molar refractivity (Wildman–Crippen MR) is 109 cm³/mol. The molecule has 0 unspecified atom stereocenters. The van der Waals surface area contributed by atoms with Crippen molar-refractivity contribution < 1.29 is 27.3 Å². The van der Waals surface area contributed by atoms with Crippen molar-refractivity contribution in [2.24, 2.45) is 0 Å². The number of aryl methyl sites for hydroxylation is 1. The number of anilines is 2. The van der Waals surface area contributed by atoms with Crippen LogP contribution < -0.4 is 10.0 Å². The van der Waals surface area contributed by atoms with Crippen LogP contribution in [0.2, 0.25) is 0 Å². The number of carbonyl (C=O) groups is 2. The van der Waals surface area contributed by atoms with Crippen molar-refractivity contribution in [3.8, 4) is 0 Å². The van der Waals surface area contributed by atoms with E-state index in [1.54, 1.807) is 26.0 Å². The molecule has 0 aliphatic rings. The van der Waals surface area contributed by atoms with Gasteiger partial charge in [-0.1, -0.05) is 17.3 Å². The third-order valence-electron chi connectivity index (χ3n) is 4.38. The van der Waals surface area contributed by atoms with Gasteiger partial charge >= 0.3 is 5.97 Å². The zero-order valence-electron chi connectivity index (χ0n) is 16.4. The number of aromatic nitrogens is 1. The van der Waals surface area contributed by atoms with Gasteiger partial charge in [-0.2, -0.15) is 0 Å². The topological polar surface area (TPSA) is 128 Å². The lowest BCUT2D eigenvalue weighted by molar-refractivity contribution is 0.0597. The van der Waals surface area contributed by atoms with Gasteiger partial charge in [0.15, 0.2) is 0 Å². The molecular formula is C20H19N3O6S. The van der Waals surface area contributed by atoms with Crippen LogP contribution in [-0.4, -0.2) is 32.6 Å². The summed E-state index contributed by atoms with van der Waals surface area (Å²) in [4.78, 5) is 24.4. The van der Waals surface area contributed by atoms with Gasteiger partial charge in [0.2, 0.25) is 5.88 Å². The fourth-order valence-corrected chi connectivity index (χ4v) is 3.62. The van der Waals surface area contributed by atoms with Gasteiger partial charge in [0.05, 0.1) is 28.8 Å². The minimum absolute atomic E-state index is 0.0242. The van der Waals surface area contributed by atoms with E-state index in [4.69, 9.17) is 4.52 Å². The van der Waals surface area contributed by atoms with Crippen molar-refractivity contribution >= 4 is 33.5 Å². The molecule has 0 spiro atoms. The molecular weight excluding hydrogens is 410 g/mol. The van der Waals surface area contributed by atoms with Crippen molar-refractivity contribution in [1.82, 2.24) is 5.16 Å². The first kappa shape index (κ1) is 21.1. The second kappa shape index (κ2) is 8.37. The van der Waals surface area contributed by atoms with Crippen molar-refractivity contribution in [3.05, 3.63) is 70.9 Å². The van der Waals surface area contributed by atoms with Crippen LogP contribution in [0.15, 0.2) is 57.9 Å². The Bertz CT molecular complexity index is 1200. The minimum atomic E-state index is -3.90. The van der Waals surface area contributed by atoms with Gasteiger partial charge < -0.3 is 14.6 Å². The molecule has 2 N–H and O–H groups in total. The fourth-order valence-electron chi connectivity index (χ4n) is 2.58. The average Bonchev–Trinajstić information content (AvgIpc) is 3.05. The van der Waals surface area contributed by atoms with E-state index >= 15 is 0 Å². The lowest BCUT2D eigenvalue weighted by Gasteiger charge is -2.10. The van der Waals surface area contributed by atoms with E-state index in [0.29, 0.717) is 16.9 Å². The van der Waals surface area contributed by atoms with Crippen molar-refractivity contribution in [3.63, 3.8) is 0 Å². The van der Waals surface area contributed by atoms with E-state index in [9.17, 15) is 18.0 Å². The summed E-state index contributed by atoms with van der Waals surface area (Å²) in [7, 11) is -2.67. The van der Waals surface area contributed by atoms with Gasteiger partial charge in [0.1, 0.15) is 0 Å². The number of benzene rings is 2. The predicted octanol–water partition coefficient (Wildman–Crippen LogP) is 3.13. The Balaban J connectivity index is 1.77. The van der Waals surface area contributed by atoms with Crippen LogP contribution >= 0.6 is 0 Å². The van der Waals surface area contributed by atoms with Crippen molar-refractivity contribution in [2.45, 2.75) is 18.7 Å². The van der Waals surface area contributed by atoms with E-state index < -0.39 is 21.9 Å². The van der Waals surface area contributed by atoms with Gasteiger partial charge in [-0.15, -0.1) is 0 Å². The van der Waals surface area contributed by atoms with Crippen LogP contribution in [0.4, 0.5) is 11.6 Å². The first-order valence-corrected chi connectivity index (χ1v) is 10.3. The first-order valence-electron chi connectivity index (χ1n) is 8.77. The number of nitrogens with one attached hydrogen (secondary N) is 2. The number of methoxy groups -OCH3 is 1. The maximum absolute atomic E-state index is 12.5. The molecule has 1 amide bonds. The van der Waals surface area contributed by atoms with Crippen molar-refractivity contribution in [2.75, 3.05) is 17.1 Å². The molecule has 0 saturated heterocycles. The molecule has 0 aliphatic carbocycles. The Morgan fingerprint density at radius 3 is 2.20 bits per heavy atom. The summed E-state index contributed by atoms with van der Waals surface area (Å²) in [6, 6.07) is 11.8. The number of hydrogen-bond donors (Lipinski definition) is 2. The monoisotopic (exact) mass is 429 g/mol. The molecule has 0 bridgehead atoms. The summed E-state index contributed by atoms with van der Waals surface area (Å²) in [5.74, 6) is -1.12. The number of amides is 1. The maximum atomic E-state index is 12.5. The molecule has 0 radical (unpaired) electrons. The number of ether oxygens (including phenoxy) is 1. The van der Waals surface area contributed by atoms with Gasteiger partial charge in [-0.25, -0.2) is 17.9 Å². The number of rotatable bonds is 6. The molecule has 3 rings (SSSR count). The van der Waals surface area contributed by atoms with Crippen LogP contribution in [0.5, 0.6) is 0 Å². The second-order valence-corrected chi connectivity index (χ2v) is 8.03. The average molecular weight is 429 g/mol. The highest BCUT2D eigenvalue weighted by molar-refractivity contribution is 7.92. The normalized spacial score (nSPS) is 11.0. The lowest BCUT2D eigenvalue weighted by Crippen LogP contribution is -2.17. The van der Waals surface area contributed by atoms with Gasteiger partial charge in [0, 0.05) is 11.3 Å². The standard InChI is InChI=1S/C20H19N3O6S/c1-12-13(2)22-29-19(12)23-30(26,27)15-10-8-14(9-11-15)21-18(24)16-6-4-5-7-17(16)20(25)28-3/h4-11,23H,1-3H3,(H,21,24). The van der Waals surface area contributed by atoms with E-state index in [1.807, 2.05) is 0 Å². The quantitative estimate of drug-likeness (QED) is 0.576. The molecule has 0 aliphatic heterocycles. The summed E-state index contributed by atoms with van der Waals surface area (Å²) in [5.41, 5.74) is 1.78. The van der Waals surface area contributed by atoms with E-state index in [0.717, 1.165) is 0 Å². The van der Waals surface area contributed by atoms with Crippen LogP contribution in [0, 0.1) is 13.8 Å². The Hall–Kier alpha value is -3.66. The van der Waals surface area contributed by atoms with E-state index in [-0.39, 0.29) is 21.9 Å². The molecule has 9 nitrogen and oxygen atoms in total. The molecule has 0 saturated carbocycles. The third kappa shape index (κ3) is 4.33. The fraction of sp³-hybridized carbons (Fsp3) is 0.150. The molecule has 1 aromatic heterocycles. The molecule has 0 fully saturated rings. The van der Waals surface area contributed by atoms with Gasteiger partial charge in [0.25, 0.3) is 15.9 Å². The number of hydrogen-bond acceptors (Lipinski definition) is 7. The highest BCUT2D eigenvalue weighted by atomic mass is 32.2. The number of carbonyl (C=O) groups excluding carboxylic acids is 2. The van der Waals surface area contributed by atoms with Crippen LogP contribution in [-0.2, 0) is 14.8 Å². The van der Waals surface area contributed by atoms with Gasteiger partial charge in [-0.3, -0.25) is 4.79 Å². The minimum Gasteiger partial charge on any atom is -0.465 e. The molecule has 30 heavy (non-hydrogen) atoms. The molecule has 0 atom stereocenters. The van der Waals surface area contributed by atoms with Gasteiger partial charge in [-0.05, 0) is 50.2 Å². The highest BCUT2D eigenvalue weighted by Gasteiger charge is 2.20. The molecule has 3 aromatic rings. The Morgan fingerprint density at radius 1 is 1.00 bits per heavy atom. The SMILES string of the molecule is COC(=O)c1ccccc1C(=O)Nc1ccc(S(=O)(=O)Nc2onc(C)c2C)cc1. The number of sulfonamides is 1. The molecule has 156 valence electrons. The number of nitrogens with zero attached hydrogens (tertiary/aromatic N) is 1. The molecule has 10 heteroatoms. The summed E-state index contributed by atoms with van der Waals surface area (Å²) in [5, 5.41) is 6.34. The smallest absolute Gasteiger partial charge is 0.338 e. The van der Waals surface area contributed by atoms with Crippen molar-refractivity contribution in [1.29, 1.82) is 0 Å². The zero-order chi connectivity index (χ0) is 21.9. The Morgan fingerprint density at radius 2 is 1.63 bits per heavy atom. The molecule has 2 aromatic carbocycles. The highest BCUT2D eigenvalue weighted by Crippen LogP contribution is 2.23. The zero-order valence-corrected chi connectivity index (χ0v) is 17.2. The second-order valence-electron chi connectivity index (χ2n) is 6.34.